The summed E-state index contributed by atoms with van der Waals surface area (Å²) in [4.78, 5) is 24.6. The summed E-state index contributed by atoms with van der Waals surface area (Å²) in [5.41, 5.74) is 0. The van der Waals surface area contributed by atoms with E-state index in [0.717, 1.165) is 51.4 Å². The van der Waals surface area contributed by atoms with E-state index >= 15 is 0 Å². The van der Waals surface area contributed by atoms with Crippen LogP contribution in [0.2, 0.25) is 0 Å². The van der Waals surface area contributed by atoms with Crippen LogP contribution in [0.4, 0.5) is 0 Å². The van der Waals surface area contributed by atoms with Crippen molar-refractivity contribution in [2.75, 3.05) is 13.2 Å². The summed E-state index contributed by atoms with van der Waals surface area (Å²) in [7, 11) is 0. The fourth-order valence-corrected chi connectivity index (χ4v) is 10.5. The molecule has 2 atom stereocenters. The first-order valence-corrected chi connectivity index (χ1v) is 33.8. The molecule has 0 aromatic rings. The van der Waals surface area contributed by atoms with Crippen molar-refractivity contribution < 1.29 is 24.5 Å². The Morgan fingerprint density at radius 3 is 1.04 bits per heavy atom. The maximum atomic E-state index is 12.5. The van der Waals surface area contributed by atoms with Gasteiger partial charge in [0, 0.05) is 12.8 Å². The van der Waals surface area contributed by atoms with E-state index in [1.54, 1.807) is 6.08 Å². The monoisotopic (exact) mass is 1050 g/mol. The van der Waals surface area contributed by atoms with Gasteiger partial charge in [0.2, 0.25) is 5.91 Å². The first-order valence-electron chi connectivity index (χ1n) is 33.8. The second-order valence-electron chi connectivity index (χ2n) is 23.2. The highest BCUT2D eigenvalue weighted by molar-refractivity contribution is 5.76. The molecule has 0 heterocycles. The summed E-state index contributed by atoms with van der Waals surface area (Å²) in [6.45, 7) is 4.90. The molecule has 0 aromatic carbocycles. The Kier molecular flexibility index (Phi) is 63.0. The van der Waals surface area contributed by atoms with Crippen LogP contribution in [0.3, 0.4) is 0 Å². The lowest BCUT2D eigenvalue weighted by Gasteiger charge is -2.20. The van der Waals surface area contributed by atoms with Crippen LogP contribution in [0.25, 0.3) is 0 Å². The summed E-state index contributed by atoms with van der Waals surface area (Å²) < 4.78 is 5.50. The van der Waals surface area contributed by atoms with Gasteiger partial charge in [0.25, 0.3) is 0 Å². The average Bonchev–Trinajstić information content (AvgIpc) is 3.41. The van der Waals surface area contributed by atoms with Crippen LogP contribution in [0.5, 0.6) is 0 Å². The topological polar surface area (TPSA) is 95.9 Å². The van der Waals surface area contributed by atoms with Crippen LogP contribution >= 0.6 is 0 Å². The molecule has 0 saturated carbocycles. The number of hydrogen-bond acceptors (Lipinski definition) is 5. The second-order valence-corrected chi connectivity index (χ2v) is 23.2. The largest absolute Gasteiger partial charge is 0.466 e. The SMILES string of the molecule is CCCCC/C=C\C/C=C\CCCCCCCCCCCC(=O)OCCCCCCCCCCCCCCCCCCCCCC(=O)NC(CO)C(O)/C=C/CCCCCCCCCCCCCCCCCCCC. The molecule has 3 N–H and O–H groups in total. The van der Waals surface area contributed by atoms with Crippen molar-refractivity contribution in [3.63, 3.8) is 0 Å². The molecule has 0 spiro atoms. The fraction of sp³-hybridized carbons (Fsp3) is 0.884. The standard InChI is InChI=1S/C69H131NO5/c1-3-5-7-9-11-13-15-17-19-21-23-26-29-33-37-41-45-49-53-57-61-67(72)66(65-71)70-68(73)62-58-54-50-46-42-38-34-30-27-24-28-32-36-40-44-48-52-56-60-64-75-69(74)63-59-55-51-47-43-39-35-31-25-22-20-18-16-14-12-10-8-6-4-2/h12,14,18,20,57,61,66-67,71-72H,3-11,13,15-17,19,21-56,58-60,62-65H2,1-2H3,(H,70,73)/b14-12-,20-18-,61-57+. The molecule has 442 valence electrons. The number of esters is 1. The number of hydrogen-bond donors (Lipinski definition) is 3. The molecule has 0 aliphatic heterocycles. The van der Waals surface area contributed by atoms with Gasteiger partial charge in [-0.2, -0.15) is 0 Å². The zero-order valence-electron chi connectivity index (χ0n) is 50.5. The molecule has 0 rings (SSSR count). The lowest BCUT2D eigenvalue weighted by atomic mass is 10.0. The molecule has 6 heteroatoms. The van der Waals surface area contributed by atoms with Crippen LogP contribution in [-0.4, -0.2) is 47.4 Å². The minimum Gasteiger partial charge on any atom is -0.466 e. The summed E-state index contributed by atoms with van der Waals surface area (Å²) in [5.74, 6) is -0.0627. The summed E-state index contributed by atoms with van der Waals surface area (Å²) in [5, 5.41) is 23.2. The van der Waals surface area contributed by atoms with E-state index in [4.69, 9.17) is 4.74 Å². The molecule has 0 saturated heterocycles. The van der Waals surface area contributed by atoms with Crippen LogP contribution in [-0.2, 0) is 14.3 Å². The number of allylic oxidation sites excluding steroid dienone is 5. The highest BCUT2D eigenvalue weighted by Gasteiger charge is 2.18. The number of aliphatic hydroxyl groups excluding tert-OH is 2. The minimum absolute atomic E-state index is 0.00510. The Hall–Kier alpha value is -1.92. The Bertz CT molecular complexity index is 1210. The van der Waals surface area contributed by atoms with Crippen LogP contribution in [0.1, 0.15) is 367 Å². The minimum atomic E-state index is -0.848. The van der Waals surface area contributed by atoms with Crippen molar-refractivity contribution in [1.29, 1.82) is 0 Å². The molecule has 0 aromatic heterocycles. The van der Waals surface area contributed by atoms with Crippen molar-refractivity contribution in [2.45, 2.75) is 379 Å². The number of amides is 1. The van der Waals surface area contributed by atoms with Crippen LogP contribution in [0.15, 0.2) is 36.5 Å². The first-order chi connectivity index (χ1) is 37.0. The molecular formula is C69H131NO5. The van der Waals surface area contributed by atoms with E-state index in [9.17, 15) is 19.8 Å². The molecule has 0 aliphatic rings. The van der Waals surface area contributed by atoms with Crippen LogP contribution in [0, 0.1) is 0 Å². The van der Waals surface area contributed by atoms with Gasteiger partial charge in [0.1, 0.15) is 0 Å². The number of nitrogens with one attached hydrogen (secondary N) is 1. The lowest BCUT2D eigenvalue weighted by molar-refractivity contribution is -0.143. The van der Waals surface area contributed by atoms with Crippen molar-refractivity contribution in [3.05, 3.63) is 36.5 Å². The molecule has 75 heavy (non-hydrogen) atoms. The second kappa shape index (κ2) is 64.6. The Balaban J connectivity index is 3.42. The molecule has 0 radical (unpaired) electrons. The van der Waals surface area contributed by atoms with Gasteiger partial charge >= 0.3 is 5.97 Å². The van der Waals surface area contributed by atoms with Gasteiger partial charge in [-0.05, 0) is 64.2 Å². The number of carbonyl (C=O) groups is 2. The zero-order chi connectivity index (χ0) is 54.3. The molecule has 0 aliphatic carbocycles. The summed E-state index contributed by atoms with van der Waals surface area (Å²) in [6.07, 6.45) is 81.9. The summed E-state index contributed by atoms with van der Waals surface area (Å²) >= 11 is 0. The van der Waals surface area contributed by atoms with Gasteiger partial charge in [-0.15, -0.1) is 0 Å². The smallest absolute Gasteiger partial charge is 0.305 e. The number of aliphatic hydroxyl groups is 2. The Morgan fingerprint density at radius 2 is 0.667 bits per heavy atom. The molecule has 1 amide bonds. The molecule has 6 nitrogen and oxygen atoms in total. The third-order valence-electron chi connectivity index (χ3n) is 15.7. The fourth-order valence-electron chi connectivity index (χ4n) is 10.5. The quantitative estimate of drug-likeness (QED) is 0.0320. The third-order valence-corrected chi connectivity index (χ3v) is 15.7. The summed E-state index contributed by atoms with van der Waals surface area (Å²) in [6, 6.07) is -0.631. The predicted octanol–water partition coefficient (Wildman–Crippen LogP) is 21.5. The number of rotatable bonds is 63. The van der Waals surface area contributed by atoms with Crippen molar-refractivity contribution in [1.82, 2.24) is 5.32 Å². The van der Waals surface area contributed by atoms with E-state index in [-0.39, 0.29) is 18.5 Å². The van der Waals surface area contributed by atoms with E-state index < -0.39 is 12.1 Å². The maximum absolute atomic E-state index is 12.5. The van der Waals surface area contributed by atoms with Crippen molar-refractivity contribution in [3.8, 4) is 0 Å². The van der Waals surface area contributed by atoms with Crippen LogP contribution < -0.4 is 5.32 Å². The van der Waals surface area contributed by atoms with E-state index in [1.807, 2.05) is 6.08 Å². The van der Waals surface area contributed by atoms with Gasteiger partial charge in [-0.25, -0.2) is 0 Å². The Labute approximate surface area is 468 Å². The molecule has 0 fully saturated rings. The van der Waals surface area contributed by atoms with Gasteiger partial charge in [-0.1, -0.05) is 326 Å². The van der Waals surface area contributed by atoms with Gasteiger partial charge in [0.15, 0.2) is 0 Å². The van der Waals surface area contributed by atoms with E-state index in [0.29, 0.717) is 19.4 Å². The van der Waals surface area contributed by atoms with E-state index in [2.05, 4.69) is 43.5 Å². The highest BCUT2D eigenvalue weighted by atomic mass is 16.5. The van der Waals surface area contributed by atoms with Crippen molar-refractivity contribution >= 4 is 11.9 Å². The maximum Gasteiger partial charge on any atom is 0.305 e. The number of ether oxygens (including phenoxy) is 1. The Morgan fingerprint density at radius 1 is 0.373 bits per heavy atom. The molecule has 2 unspecified atom stereocenters. The van der Waals surface area contributed by atoms with Gasteiger partial charge in [-0.3, -0.25) is 9.59 Å². The normalized spacial score (nSPS) is 12.7. The predicted molar refractivity (Wildman–Crippen MR) is 329 cm³/mol. The molecular weight excluding hydrogens is 923 g/mol. The van der Waals surface area contributed by atoms with Gasteiger partial charge < -0.3 is 20.3 Å². The number of unbranched alkanes of at least 4 members (excludes halogenated alkanes) is 48. The average molecular weight is 1050 g/mol. The number of carbonyl (C=O) groups excluding carboxylic acids is 2. The zero-order valence-corrected chi connectivity index (χ0v) is 50.5. The van der Waals surface area contributed by atoms with Crippen molar-refractivity contribution in [2.24, 2.45) is 0 Å². The highest BCUT2D eigenvalue weighted by Crippen LogP contribution is 2.18. The third kappa shape index (κ3) is 61.2. The molecule has 0 bridgehead atoms. The van der Waals surface area contributed by atoms with Gasteiger partial charge in [0.05, 0.1) is 25.4 Å². The first kappa shape index (κ1) is 73.1. The lowest BCUT2D eigenvalue weighted by Crippen LogP contribution is -2.45. The van der Waals surface area contributed by atoms with E-state index in [1.165, 1.54) is 289 Å².